The number of anilines is 1. The standard InChI is InChI=1S/C19H21N3O2/c1-14(2)20-18-6-4-5-13-22(18)19(24)12-9-16-7-10-17(11-8-16)21-15(3)23/h4-14H,1-3H3,(H,21,23)/b12-9+,20-18?. The van der Waals surface area contributed by atoms with E-state index in [9.17, 15) is 9.59 Å². The molecule has 0 unspecified atom stereocenters. The number of hydrogen-bond acceptors (Lipinski definition) is 3. The van der Waals surface area contributed by atoms with Crippen molar-refractivity contribution in [3.05, 3.63) is 65.8 Å². The number of amides is 1. The van der Waals surface area contributed by atoms with E-state index in [-0.39, 0.29) is 17.9 Å². The number of pyridine rings is 1. The van der Waals surface area contributed by atoms with E-state index in [0.29, 0.717) is 5.49 Å². The van der Waals surface area contributed by atoms with Gasteiger partial charge in [0.2, 0.25) is 5.91 Å². The molecule has 5 heteroatoms. The summed E-state index contributed by atoms with van der Waals surface area (Å²) in [6.07, 6.45) is 4.94. The Labute approximate surface area is 141 Å². The Hall–Kier alpha value is -2.95. The van der Waals surface area contributed by atoms with Crippen molar-refractivity contribution < 1.29 is 9.59 Å². The highest BCUT2D eigenvalue weighted by molar-refractivity contribution is 5.93. The van der Waals surface area contributed by atoms with Crippen molar-refractivity contribution >= 4 is 23.6 Å². The molecule has 2 aromatic rings. The van der Waals surface area contributed by atoms with Gasteiger partial charge in [0.1, 0.15) is 5.49 Å². The minimum atomic E-state index is -0.166. The first-order valence-electron chi connectivity index (χ1n) is 7.77. The summed E-state index contributed by atoms with van der Waals surface area (Å²) < 4.78 is 1.52. The number of nitrogens with zero attached hydrogens (tertiary/aromatic N) is 2. The lowest BCUT2D eigenvalue weighted by Crippen LogP contribution is -2.26. The Morgan fingerprint density at radius 3 is 2.46 bits per heavy atom. The second-order valence-corrected chi connectivity index (χ2v) is 5.63. The maximum absolute atomic E-state index is 12.4. The number of hydrogen-bond donors (Lipinski definition) is 1. The Bertz CT molecular complexity index is 815. The number of rotatable bonds is 4. The molecule has 0 spiro atoms. The lowest BCUT2D eigenvalue weighted by Gasteiger charge is -2.04. The average molecular weight is 323 g/mol. The maximum Gasteiger partial charge on any atom is 0.256 e. The Kier molecular flexibility index (Phi) is 5.84. The van der Waals surface area contributed by atoms with Crippen molar-refractivity contribution in [1.82, 2.24) is 4.57 Å². The van der Waals surface area contributed by atoms with Crippen LogP contribution in [-0.2, 0) is 4.79 Å². The number of carbonyl (C=O) groups excluding carboxylic acids is 2. The van der Waals surface area contributed by atoms with Crippen molar-refractivity contribution in [1.29, 1.82) is 0 Å². The van der Waals surface area contributed by atoms with Crippen molar-refractivity contribution in [3.63, 3.8) is 0 Å². The number of benzene rings is 1. The minimum Gasteiger partial charge on any atom is -0.326 e. The molecule has 1 heterocycles. The van der Waals surface area contributed by atoms with E-state index in [1.165, 1.54) is 17.6 Å². The summed E-state index contributed by atoms with van der Waals surface area (Å²) in [6.45, 7) is 5.39. The van der Waals surface area contributed by atoms with Crippen LogP contribution in [0.4, 0.5) is 5.69 Å². The topological polar surface area (TPSA) is 63.5 Å². The molecule has 0 bridgehead atoms. The summed E-state index contributed by atoms with van der Waals surface area (Å²) in [5.74, 6) is -0.281. The molecule has 0 aliphatic rings. The van der Waals surface area contributed by atoms with Crippen LogP contribution in [0.25, 0.3) is 6.08 Å². The molecular weight excluding hydrogens is 302 g/mol. The van der Waals surface area contributed by atoms with Gasteiger partial charge in [-0.2, -0.15) is 0 Å². The number of aromatic nitrogens is 1. The molecule has 0 atom stereocenters. The lowest BCUT2D eigenvalue weighted by atomic mass is 10.2. The second-order valence-electron chi connectivity index (χ2n) is 5.63. The van der Waals surface area contributed by atoms with Gasteiger partial charge in [0.05, 0.1) is 0 Å². The lowest BCUT2D eigenvalue weighted by molar-refractivity contribution is -0.114. The van der Waals surface area contributed by atoms with E-state index >= 15 is 0 Å². The number of carbonyl (C=O) groups is 2. The molecule has 1 amide bonds. The summed E-state index contributed by atoms with van der Waals surface area (Å²) in [7, 11) is 0. The monoisotopic (exact) mass is 323 g/mol. The van der Waals surface area contributed by atoms with Gasteiger partial charge in [-0.15, -0.1) is 0 Å². The second kappa shape index (κ2) is 8.06. The summed E-state index contributed by atoms with van der Waals surface area (Å²) in [5.41, 5.74) is 2.22. The highest BCUT2D eigenvalue weighted by Gasteiger charge is 2.01. The highest BCUT2D eigenvalue weighted by Crippen LogP contribution is 2.10. The molecule has 5 nitrogen and oxygen atoms in total. The third-order valence-corrected chi connectivity index (χ3v) is 3.12. The molecule has 1 aromatic heterocycles. The summed E-state index contributed by atoms with van der Waals surface area (Å²) in [4.78, 5) is 27.8. The van der Waals surface area contributed by atoms with Crippen LogP contribution >= 0.6 is 0 Å². The number of nitrogens with one attached hydrogen (secondary N) is 1. The normalized spacial score (nSPS) is 11.9. The fourth-order valence-electron chi connectivity index (χ4n) is 2.12. The first-order chi connectivity index (χ1) is 11.5. The molecule has 0 fully saturated rings. The van der Waals surface area contributed by atoms with Gasteiger partial charge >= 0.3 is 0 Å². The predicted octanol–water partition coefficient (Wildman–Crippen LogP) is 3.11. The molecular formula is C19H21N3O2. The van der Waals surface area contributed by atoms with Crippen LogP contribution in [0.1, 0.15) is 31.1 Å². The van der Waals surface area contributed by atoms with Crippen LogP contribution in [0.15, 0.2) is 59.7 Å². The molecule has 24 heavy (non-hydrogen) atoms. The molecule has 124 valence electrons. The van der Waals surface area contributed by atoms with E-state index in [0.717, 1.165) is 11.3 Å². The maximum atomic E-state index is 12.4. The van der Waals surface area contributed by atoms with Gasteiger partial charge in [-0.1, -0.05) is 18.2 Å². The van der Waals surface area contributed by atoms with Crippen molar-refractivity contribution in [2.24, 2.45) is 4.99 Å². The highest BCUT2D eigenvalue weighted by atomic mass is 16.2. The van der Waals surface area contributed by atoms with Gasteiger partial charge in [0, 0.05) is 30.9 Å². The van der Waals surface area contributed by atoms with Crippen LogP contribution in [0.3, 0.4) is 0 Å². The first-order valence-corrected chi connectivity index (χ1v) is 7.77. The zero-order valence-corrected chi connectivity index (χ0v) is 14.1. The smallest absolute Gasteiger partial charge is 0.256 e. The molecule has 2 rings (SSSR count). The summed E-state index contributed by atoms with van der Waals surface area (Å²) in [5, 5.41) is 2.70. The average Bonchev–Trinajstić information content (AvgIpc) is 2.53. The molecule has 0 aliphatic carbocycles. The van der Waals surface area contributed by atoms with E-state index in [1.807, 2.05) is 38.1 Å². The summed E-state index contributed by atoms with van der Waals surface area (Å²) in [6, 6.07) is 12.8. The zero-order chi connectivity index (χ0) is 17.5. The van der Waals surface area contributed by atoms with Crippen LogP contribution in [-0.4, -0.2) is 22.4 Å². The largest absolute Gasteiger partial charge is 0.326 e. The summed E-state index contributed by atoms with van der Waals surface area (Å²) >= 11 is 0. The van der Waals surface area contributed by atoms with Crippen molar-refractivity contribution in [3.8, 4) is 0 Å². The van der Waals surface area contributed by atoms with E-state index in [1.54, 1.807) is 30.5 Å². The minimum absolute atomic E-state index is 0.108. The van der Waals surface area contributed by atoms with Gasteiger partial charge in [-0.25, -0.2) is 0 Å². The fourth-order valence-corrected chi connectivity index (χ4v) is 2.12. The van der Waals surface area contributed by atoms with Crippen LogP contribution in [0.2, 0.25) is 0 Å². The van der Waals surface area contributed by atoms with Crippen LogP contribution in [0.5, 0.6) is 0 Å². The van der Waals surface area contributed by atoms with Crippen molar-refractivity contribution in [2.45, 2.75) is 26.8 Å². The molecule has 0 saturated carbocycles. The SMILES string of the molecule is CC(=O)Nc1ccc(/C=C/C(=O)n2ccccc2=NC(C)C)cc1. The quantitative estimate of drug-likeness (QED) is 0.879. The van der Waals surface area contributed by atoms with Gasteiger partial charge in [0.25, 0.3) is 5.91 Å². The predicted molar refractivity (Wildman–Crippen MR) is 95.5 cm³/mol. The Balaban J connectivity index is 2.18. The molecule has 0 saturated heterocycles. The van der Waals surface area contributed by atoms with Gasteiger partial charge in [0.15, 0.2) is 0 Å². The zero-order valence-electron chi connectivity index (χ0n) is 14.1. The van der Waals surface area contributed by atoms with Crippen LogP contribution in [0, 0.1) is 0 Å². The van der Waals surface area contributed by atoms with Crippen molar-refractivity contribution in [2.75, 3.05) is 5.32 Å². The fraction of sp³-hybridized carbons (Fsp3) is 0.211. The van der Waals surface area contributed by atoms with Gasteiger partial charge < -0.3 is 5.32 Å². The molecule has 1 aromatic carbocycles. The van der Waals surface area contributed by atoms with E-state index in [4.69, 9.17) is 0 Å². The Morgan fingerprint density at radius 2 is 1.83 bits per heavy atom. The van der Waals surface area contributed by atoms with Gasteiger partial charge in [-0.05, 0) is 49.8 Å². The van der Waals surface area contributed by atoms with E-state index in [2.05, 4.69) is 10.3 Å². The molecule has 0 aliphatic heterocycles. The van der Waals surface area contributed by atoms with E-state index < -0.39 is 0 Å². The number of allylic oxidation sites excluding steroid dienone is 1. The third kappa shape index (κ3) is 5.05. The first kappa shape index (κ1) is 17.4. The molecule has 1 N–H and O–H groups in total. The van der Waals surface area contributed by atoms with Gasteiger partial charge in [-0.3, -0.25) is 19.1 Å². The van der Waals surface area contributed by atoms with Crippen LogP contribution < -0.4 is 10.8 Å². The Morgan fingerprint density at radius 1 is 1.12 bits per heavy atom. The molecule has 0 radical (unpaired) electrons. The third-order valence-electron chi connectivity index (χ3n) is 3.12.